The summed E-state index contributed by atoms with van der Waals surface area (Å²) in [6.07, 6.45) is 1.61. The number of nitrogens with one attached hydrogen (secondary N) is 1. The largest absolute Gasteiger partial charge is 0.276 e. The molecule has 0 aliphatic heterocycles. The Balaban J connectivity index is 2.90. The number of nitrogens with two attached hydrogens (primary N) is 1. The molecule has 1 heterocycles. The standard InChI is InChI=1S/C6H11N3O/c1-4(2)6-5(9-10)3-7-8-6/h3-4,9-10H,1-2H3,(H,7,8)/p+1. The minimum absolute atomic E-state index is 0.376. The van der Waals surface area contributed by atoms with Gasteiger partial charge in [-0.15, -0.1) is 0 Å². The molecule has 1 aromatic heterocycles. The maximum Gasteiger partial charge on any atom is 0.203 e. The van der Waals surface area contributed by atoms with Gasteiger partial charge in [0.2, 0.25) is 5.69 Å². The fourth-order valence-electron chi connectivity index (χ4n) is 0.871. The highest BCUT2D eigenvalue weighted by atomic mass is 16.5. The molecule has 10 heavy (non-hydrogen) atoms. The number of aromatic amines is 1. The van der Waals surface area contributed by atoms with E-state index in [-0.39, 0.29) is 0 Å². The van der Waals surface area contributed by atoms with E-state index in [9.17, 15) is 0 Å². The second-order valence-corrected chi connectivity index (χ2v) is 2.52. The van der Waals surface area contributed by atoms with Crippen molar-refractivity contribution < 1.29 is 10.7 Å². The molecule has 0 atom stereocenters. The zero-order valence-corrected chi connectivity index (χ0v) is 6.13. The number of hydrogen-bond acceptors (Lipinski definition) is 2. The third kappa shape index (κ3) is 1.17. The van der Waals surface area contributed by atoms with Gasteiger partial charge in [-0.3, -0.25) is 5.10 Å². The van der Waals surface area contributed by atoms with Gasteiger partial charge in [0.05, 0.1) is 0 Å². The second kappa shape index (κ2) is 2.81. The predicted octanol–water partition coefficient (Wildman–Crippen LogP) is 0.117. The third-order valence-electron chi connectivity index (χ3n) is 1.42. The first-order valence-electron chi connectivity index (χ1n) is 3.26. The van der Waals surface area contributed by atoms with Gasteiger partial charge in [-0.2, -0.15) is 10.6 Å². The van der Waals surface area contributed by atoms with E-state index in [0.29, 0.717) is 5.92 Å². The van der Waals surface area contributed by atoms with E-state index in [1.165, 1.54) is 0 Å². The summed E-state index contributed by atoms with van der Waals surface area (Å²) in [6.45, 7) is 4.08. The van der Waals surface area contributed by atoms with Crippen LogP contribution in [0, 0.1) is 0 Å². The van der Waals surface area contributed by atoms with Gasteiger partial charge in [-0.05, 0) is 0 Å². The topological polar surface area (TPSA) is 65.5 Å². The average Bonchev–Trinajstić information content (AvgIpc) is 2.33. The number of H-pyrrole nitrogens is 1. The van der Waals surface area contributed by atoms with Crippen LogP contribution in [0.4, 0.5) is 5.69 Å². The van der Waals surface area contributed by atoms with Crippen molar-refractivity contribution in [1.82, 2.24) is 10.2 Å². The lowest BCUT2D eigenvalue weighted by molar-refractivity contribution is -0.826. The van der Waals surface area contributed by atoms with E-state index in [1.807, 2.05) is 13.8 Å². The van der Waals surface area contributed by atoms with Crippen LogP contribution in [-0.4, -0.2) is 15.4 Å². The van der Waals surface area contributed by atoms with Gasteiger partial charge in [-0.1, -0.05) is 13.8 Å². The summed E-state index contributed by atoms with van der Waals surface area (Å²) in [6, 6.07) is 0. The Hall–Kier alpha value is -0.870. The fourth-order valence-corrected chi connectivity index (χ4v) is 0.871. The van der Waals surface area contributed by atoms with Crippen molar-refractivity contribution in [3.8, 4) is 0 Å². The van der Waals surface area contributed by atoms with Crippen molar-refractivity contribution in [2.75, 3.05) is 0 Å². The van der Waals surface area contributed by atoms with Crippen molar-refractivity contribution in [2.24, 2.45) is 0 Å². The van der Waals surface area contributed by atoms with Crippen LogP contribution in [-0.2, 0) is 0 Å². The Kier molecular flexibility index (Phi) is 2.03. The summed E-state index contributed by atoms with van der Waals surface area (Å²) < 4.78 is 0. The lowest BCUT2D eigenvalue weighted by atomic mass is 10.1. The van der Waals surface area contributed by atoms with Crippen molar-refractivity contribution in [3.05, 3.63) is 11.9 Å². The Morgan fingerprint density at radius 3 is 2.80 bits per heavy atom. The van der Waals surface area contributed by atoms with Crippen LogP contribution in [0.1, 0.15) is 25.5 Å². The molecule has 0 bridgehead atoms. The molecule has 0 unspecified atom stereocenters. The highest BCUT2D eigenvalue weighted by molar-refractivity contribution is 5.32. The Bertz CT molecular complexity index is 207. The molecule has 0 aliphatic carbocycles. The molecule has 0 fully saturated rings. The Morgan fingerprint density at radius 2 is 2.40 bits per heavy atom. The molecular formula is C6H12N3O+. The van der Waals surface area contributed by atoms with E-state index < -0.39 is 0 Å². The van der Waals surface area contributed by atoms with E-state index in [0.717, 1.165) is 16.9 Å². The molecule has 1 rings (SSSR count). The lowest BCUT2D eigenvalue weighted by Gasteiger charge is -1.98. The van der Waals surface area contributed by atoms with Gasteiger partial charge < -0.3 is 0 Å². The van der Waals surface area contributed by atoms with Crippen LogP contribution in [0.2, 0.25) is 0 Å². The fraction of sp³-hybridized carbons (Fsp3) is 0.500. The smallest absolute Gasteiger partial charge is 0.203 e. The third-order valence-corrected chi connectivity index (χ3v) is 1.42. The van der Waals surface area contributed by atoms with Gasteiger partial charge in [0.25, 0.3) is 0 Å². The van der Waals surface area contributed by atoms with Crippen molar-refractivity contribution >= 4 is 5.69 Å². The van der Waals surface area contributed by atoms with Crippen LogP contribution in [0.15, 0.2) is 6.20 Å². The summed E-state index contributed by atoms with van der Waals surface area (Å²) >= 11 is 0. The van der Waals surface area contributed by atoms with Crippen LogP contribution in [0.5, 0.6) is 0 Å². The maximum atomic E-state index is 8.67. The molecule has 4 heteroatoms. The molecular weight excluding hydrogens is 130 g/mol. The highest BCUT2D eigenvalue weighted by Crippen LogP contribution is 2.15. The normalized spacial score (nSPS) is 10.8. The zero-order valence-electron chi connectivity index (χ0n) is 6.13. The first-order valence-corrected chi connectivity index (χ1v) is 3.26. The quantitative estimate of drug-likeness (QED) is 0.513. The van der Waals surface area contributed by atoms with Crippen molar-refractivity contribution in [2.45, 2.75) is 19.8 Å². The monoisotopic (exact) mass is 142 g/mol. The Labute approximate surface area is 59.2 Å². The number of nitrogens with zero attached hydrogens (tertiary/aromatic N) is 1. The van der Waals surface area contributed by atoms with Crippen molar-refractivity contribution in [1.29, 1.82) is 0 Å². The van der Waals surface area contributed by atoms with Gasteiger partial charge >= 0.3 is 0 Å². The molecule has 0 saturated carbocycles. The first-order chi connectivity index (χ1) is 4.75. The number of aromatic nitrogens is 2. The van der Waals surface area contributed by atoms with E-state index in [4.69, 9.17) is 5.21 Å². The predicted molar refractivity (Wildman–Crippen MR) is 36.0 cm³/mol. The average molecular weight is 142 g/mol. The highest BCUT2D eigenvalue weighted by Gasteiger charge is 2.10. The van der Waals surface area contributed by atoms with Gasteiger partial charge in [-0.25, -0.2) is 5.21 Å². The van der Waals surface area contributed by atoms with Crippen LogP contribution in [0.25, 0.3) is 0 Å². The van der Waals surface area contributed by atoms with Gasteiger partial charge in [0.1, 0.15) is 11.9 Å². The number of hydrogen-bond donors (Lipinski definition) is 3. The van der Waals surface area contributed by atoms with E-state index in [2.05, 4.69) is 10.2 Å². The number of rotatable bonds is 2. The minimum Gasteiger partial charge on any atom is -0.276 e. The lowest BCUT2D eigenvalue weighted by Crippen LogP contribution is -2.74. The van der Waals surface area contributed by atoms with Gasteiger partial charge in [0, 0.05) is 5.92 Å². The SMILES string of the molecule is CC(C)c1[nH]ncc1[NH2+]O. The summed E-state index contributed by atoms with van der Waals surface area (Å²) in [7, 11) is 0. The molecule has 0 aromatic carbocycles. The second-order valence-electron chi connectivity index (χ2n) is 2.52. The summed E-state index contributed by atoms with van der Waals surface area (Å²) in [5, 5.41) is 15.3. The van der Waals surface area contributed by atoms with Gasteiger partial charge in [0.15, 0.2) is 0 Å². The molecule has 4 N–H and O–H groups in total. The minimum atomic E-state index is 0.376. The van der Waals surface area contributed by atoms with Crippen LogP contribution in [0.3, 0.4) is 0 Å². The van der Waals surface area contributed by atoms with E-state index >= 15 is 0 Å². The summed E-state index contributed by atoms with van der Waals surface area (Å²) in [5.74, 6) is 0.376. The molecule has 0 amide bonds. The van der Waals surface area contributed by atoms with Crippen molar-refractivity contribution in [3.63, 3.8) is 0 Å². The number of quaternary nitrogens is 1. The molecule has 0 saturated heterocycles. The molecule has 0 spiro atoms. The summed E-state index contributed by atoms with van der Waals surface area (Å²) in [5.41, 5.74) is 2.82. The molecule has 4 nitrogen and oxygen atoms in total. The Morgan fingerprint density at radius 1 is 1.70 bits per heavy atom. The molecule has 0 radical (unpaired) electrons. The first kappa shape index (κ1) is 7.24. The molecule has 56 valence electrons. The maximum absolute atomic E-state index is 8.67. The zero-order chi connectivity index (χ0) is 7.56. The summed E-state index contributed by atoms with van der Waals surface area (Å²) in [4.78, 5) is 0. The van der Waals surface area contributed by atoms with Crippen LogP contribution < -0.4 is 5.48 Å². The van der Waals surface area contributed by atoms with Crippen LogP contribution >= 0.6 is 0 Å². The molecule has 1 aromatic rings. The van der Waals surface area contributed by atoms with E-state index in [1.54, 1.807) is 6.20 Å². The molecule has 0 aliphatic rings.